The first-order chi connectivity index (χ1) is 13.3. The average Bonchev–Trinajstić information content (AvgIpc) is 2.63. The number of carbonyl (C=O) groups excluding carboxylic acids is 2. The molecule has 0 unspecified atom stereocenters. The summed E-state index contributed by atoms with van der Waals surface area (Å²) in [6.45, 7) is 8.05. The summed E-state index contributed by atoms with van der Waals surface area (Å²) in [5, 5.41) is 5.83. The first kappa shape index (κ1) is 21.6. The molecule has 0 saturated carbocycles. The number of ether oxygens (including phenoxy) is 2. The average molecular weight is 405 g/mol. The number of hydrogen-bond acceptors (Lipinski definition) is 4. The molecule has 0 aliphatic carbocycles. The van der Waals surface area contributed by atoms with Gasteiger partial charge in [0.2, 0.25) is 5.91 Å². The molecule has 0 radical (unpaired) electrons. The Balaban J connectivity index is 2.34. The van der Waals surface area contributed by atoms with Crippen LogP contribution in [0.15, 0.2) is 30.3 Å². The molecule has 7 heteroatoms. The molecule has 28 heavy (non-hydrogen) atoms. The zero-order valence-electron chi connectivity index (χ0n) is 16.5. The Morgan fingerprint density at radius 2 is 1.79 bits per heavy atom. The number of carbonyl (C=O) groups is 2. The minimum atomic E-state index is -0.373. The van der Waals surface area contributed by atoms with Crippen LogP contribution in [0.1, 0.15) is 43.1 Å². The van der Waals surface area contributed by atoms with Crippen molar-refractivity contribution in [1.29, 1.82) is 0 Å². The van der Waals surface area contributed by atoms with E-state index in [1.165, 1.54) is 13.0 Å². The molecule has 0 saturated heterocycles. The highest BCUT2D eigenvalue weighted by Gasteiger charge is 2.17. The molecular formula is C21H25ClN2O4. The number of nitrogens with one attached hydrogen (secondary N) is 2. The van der Waals surface area contributed by atoms with Gasteiger partial charge in [-0.3, -0.25) is 9.59 Å². The zero-order valence-corrected chi connectivity index (χ0v) is 17.3. The summed E-state index contributed by atoms with van der Waals surface area (Å²) in [5.41, 5.74) is 2.29. The zero-order chi connectivity index (χ0) is 20.7. The molecular weight excluding hydrogens is 380 g/mol. The normalized spacial score (nSPS) is 10.3. The van der Waals surface area contributed by atoms with Gasteiger partial charge in [-0.05, 0) is 50.1 Å². The monoisotopic (exact) mass is 404 g/mol. The third kappa shape index (κ3) is 5.63. The molecule has 2 N–H and O–H groups in total. The van der Waals surface area contributed by atoms with Crippen LogP contribution in [0.4, 0.5) is 11.4 Å². The highest BCUT2D eigenvalue weighted by Crippen LogP contribution is 2.37. The quantitative estimate of drug-likeness (QED) is 0.645. The van der Waals surface area contributed by atoms with E-state index in [0.717, 1.165) is 12.0 Å². The molecule has 0 aliphatic heterocycles. The van der Waals surface area contributed by atoms with Gasteiger partial charge in [0.05, 0.1) is 29.6 Å². The molecule has 2 rings (SSSR count). The van der Waals surface area contributed by atoms with Crippen molar-refractivity contribution in [3.63, 3.8) is 0 Å². The van der Waals surface area contributed by atoms with Crippen molar-refractivity contribution in [2.75, 3.05) is 23.8 Å². The molecule has 0 spiro atoms. The Kier molecular flexibility index (Phi) is 7.70. The predicted molar refractivity (Wildman–Crippen MR) is 112 cm³/mol. The maximum atomic E-state index is 12.8. The minimum Gasteiger partial charge on any atom is -0.490 e. The fourth-order valence-corrected chi connectivity index (χ4v) is 2.83. The van der Waals surface area contributed by atoms with Gasteiger partial charge in [-0.1, -0.05) is 24.6 Å². The van der Waals surface area contributed by atoms with Gasteiger partial charge < -0.3 is 20.1 Å². The van der Waals surface area contributed by atoms with E-state index in [9.17, 15) is 9.59 Å². The summed E-state index contributed by atoms with van der Waals surface area (Å²) in [4.78, 5) is 24.2. The van der Waals surface area contributed by atoms with Gasteiger partial charge in [0.1, 0.15) is 0 Å². The number of benzene rings is 2. The molecule has 0 aliphatic rings. The number of rotatable bonds is 8. The Bertz CT molecular complexity index is 868. The number of hydrogen-bond donors (Lipinski definition) is 2. The van der Waals surface area contributed by atoms with E-state index in [4.69, 9.17) is 21.1 Å². The number of anilines is 2. The second kappa shape index (κ2) is 9.99. The summed E-state index contributed by atoms with van der Waals surface area (Å²) < 4.78 is 11.3. The molecule has 0 bridgehead atoms. The van der Waals surface area contributed by atoms with Crippen molar-refractivity contribution < 1.29 is 19.1 Å². The SMILES string of the molecule is CCCOc1c(Cl)cc(C(=O)Nc2cc(C)ccc2NC(C)=O)cc1OCC. The van der Waals surface area contributed by atoms with Crippen LogP contribution in [0.3, 0.4) is 0 Å². The van der Waals surface area contributed by atoms with E-state index >= 15 is 0 Å². The third-order valence-electron chi connectivity index (χ3n) is 3.76. The first-order valence-corrected chi connectivity index (χ1v) is 9.52. The molecule has 2 amide bonds. The van der Waals surface area contributed by atoms with Gasteiger partial charge in [0.25, 0.3) is 5.91 Å². The number of amides is 2. The van der Waals surface area contributed by atoms with Crippen molar-refractivity contribution in [2.24, 2.45) is 0 Å². The molecule has 2 aromatic carbocycles. The van der Waals surface area contributed by atoms with Gasteiger partial charge >= 0.3 is 0 Å². The second-order valence-corrected chi connectivity index (χ2v) is 6.66. The van der Waals surface area contributed by atoms with Crippen molar-refractivity contribution in [2.45, 2.75) is 34.1 Å². The van der Waals surface area contributed by atoms with Gasteiger partial charge in [-0.15, -0.1) is 0 Å². The predicted octanol–water partition coefficient (Wildman–Crippen LogP) is 5.05. The molecule has 0 atom stereocenters. The van der Waals surface area contributed by atoms with Crippen molar-refractivity contribution in [3.8, 4) is 11.5 Å². The molecule has 0 heterocycles. The Morgan fingerprint density at radius 3 is 2.43 bits per heavy atom. The first-order valence-electron chi connectivity index (χ1n) is 9.14. The van der Waals surface area contributed by atoms with E-state index < -0.39 is 0 Å². The van der Waals surface area contributed by atoms with Gasteiger partial charge in [0, 0.05) is 12.5 Å². The van der Waals surface area contributed by atoms with Crippen LogP contribution in [0, 0.1) is 6.92 Å². The lowest BCUT2D eigenvalue weighted by molar-refractivity contribution is -0.114. The van der Waals surface area contributed by atoms with E-state index in [1.807, 2.05) is 26.8 Å². The van der Waals surface area contributed by atoms with E-state index in [1.54, 1.807) is 18.2 Å². The lowest BCUT2D eigenvalue weighted by Crippen LogP contribution is -2.16. The summed E-state index contributed by atoms with van der Waals surface area (Å²) in [6, 6.07) is 8.52. The van der Waals surface area contributed by atoms with Crippen LogP contribution >= 0.6 is 11.6 Å². The number of aryl methyl sites for hydroxylation is 1. The Morgan fingerprint density at radius 1 is 1.04 bits per heavy atom. The summed E-state index contributed by atoms with van der Waals surface area (Å²) in [7, 11) is 0. The Hall–Kier alpha value is -2.73. The fraction of sp³-hybridized carbons (Fsp3) is 0.333. The summed E-state index contributed by atoms with van der Waals surface area (Å²) in [5.74, 6) is 0.247. The standard InChI is InChI=1S/C21H25ClN2O4/c1-5-9-28-20-16(22)11-15(12-19(20)27-6-2)21(26)24-18-10-13(3)7-8-17(18)23-14(4)25/h7-8,10-12H,5-6,9H2,1-4H3,(H,23,25)(H,24,26). The number of halogens is 1. The lowest BCUT2D eigenvalue weighted by Gasteiger charge is -2.16. The highest BCUT2D eigenvalue weighted by atomic mass is 35.5. The van der Waals surface area contributed by atoms with E-state index in [0.29, 0.717) is 46.7 Å². The van der Waals surface area contributed by atoms with Gasteiger partial charge in [-0.2, -0.15) is 0 Å². The smallest absolute Gasteiger partial charge is 0.255 e. The van der Waals surface area contributed by atoms with E-state index in [-0.39, 0.29) is 11.8 Å². The van der Waals surface area contributed by atoms with Crippen LogP contribution in [0.2, 0.25) is 5.02 Å². The lowest BCUT2D eigenvalue weighted by atomic mass is 10.1. The molecule has 0 aromatic heterocycles. The molecule has 2 aromatic rings. The van der Waals surface area contributed by atoms with Crippen LogP contribution in [-0.4, -0.2) is 25.0 Å². The van der Waals surface area contributed by atoms with Crippen LogP contribution in [0.5, 0.6) is 11.5 Å². The molecule has 0 fully saturated rings. The maximum Gasteiger partial charge on any atom is 0.255 e. The van der Waals surface area contributed by atoms with Crippen molar-refractivity contribution in [1.82, 2.24) is 0 Å². The van der Waals surface area contributed by atoms with Gasteiger partial charge in [-0.25, -0.2) is 0 Å². The fourth-order valence-electron chi connectivity index (χ4n) is 2.56. The topological polar surface area (TPSA) is 76.7 Å². The second-order valence-electron chi connectivity index (χ2n) is 6.25. The molecule has 150 valence electrons. The minimum absolute atomic E-state index is 0.224. The third-order valence-corrected chi connectivity index (χ3v) is 4.04. The maximum absolute atomic E-state index is 12.8. The van der Waals surface area contributed by atoms with Gasteiger partial charge in [0.15, 0.2) is 11.5 Å². The van der Waals surface area contributed by atoms with E-state index in [2.05, 4.69) is 10.6 Å². The molecule has 6 nitrogen and oxygen atoms in total. The highest BCUT2D eigenvalue weighted by molar-refractivity contribution is 6.32. The van der Waals surface area contributed by atoms with Crippen LogP contribution in [0.25, 0.3) is 0 Å². The largest absolute Gasteiger partial charge is 0.490 e. The summed E-state index contributed by atoms with van der Waals surface area (Å²) in [6.07, 6.45) is 0.823. The van der Waals surface area contributed by atoms with Crippen molar-refractivity contribution >= 4 is 34.8 Å². The van der Waals surface area contributed by atoms with Crippen LogP contribution < -0.4 is 20.1 Å². The van der Waals surface area contributed by atoms with Crippen LogP contribution in [-0.2, 0) is 4.79 Å². The summed E-state index contributed by atoms with van der Waals surface area (Å²) >= 11 is 6.34. The Labute approximate surface area is 170 Å². The van der Waals surface area contributed by atoms with Crippen molar-refractivity contribution in [3.05, 3.63) is 46.5 Å².